The highest BCUT2D eigenvalue weighted by Gasteiger charge is 2.38. The molecule has 1 saturated heterocycles. The first kappa shape index (κ1) is 11.8. The summed E-state index contributed by atoms with van der Waals surface area (Å²) in [5.41, 5.74) is 8.29. The second-order valence-corrected chi connectivity index (χ2v) is 5.03. The minimum Gasteiger partial charge on any atom is -0.397 e. The molecule has 1 heterocycles. The summed E-state index contributed by atoms with van der Waals surface area (Å²) in [5, 5.41) is 2.88. The van der Waals surface area contributed by atoms with E-state index in [1.807, 2.05) is 39.0 Å². The Hall–Kier alpha value is -1.71. The number of aryl methyl sites for hydroxylation is 1. The van der Waals surface area contributed by atoms with Gasteiger partial charge in [0, 0.05) is 13.1 Å². The van der Waals surface area contributed by atoms with E-state index in [9.17, 15) is 4.79 Å². The van der Waals surface area contributed by atoms with Crippen LogP contribution in [-0.4, -0.2) is 24.5 Å². The van der Waals surface area contributed by atoms with E-state index < -0.39 is 5.54 Å². The van der Waals surface area contributed by atoms with Gasteiger partial charge < -0.3 is 16.0 Å². The standard InChI is InChI=1S/C13H19N3O/c1-9-4-5-11(10(14)8-9)16-7-6-15-12(17)13(16,2)3/h4-5,8H,6-7,14H2,1-3H3,(H,15,17). The average molecular weight is 233 g/mol. The van der Waals surface area contributed by atoms with E-state index in [4.69, 9.17) is 5.73 Å². The van der Waals surface area contributed by atoms with Crippen LogP contribution in [0.1, 0.15) is 19.4 Å². The Labute approximate surface area is 102 Å². The number of nitrogens with zero attached hydrogens (tertiary/aromatic N) is 1. The highest BCUT2D eigenvalue weighted by Crippen LogP contribution is 2.31. The van der Waals surface area contributed by atoms with Crippen LogP contribution in [0.15, 0.2) is 18.2 Å². The van der Waals surface area contributed by atoms with Gasteiger partial charge in [-0.05, 0) is 38.5 Å². The molecule has 1 amide bonds. The molecule has 2 rings (SSSR count). The molecule has 0 aromatic heterocycles. The van der Waals surface area contributed by atoms with Crippen LogP contribution < -0.4 is 16.0 Å². The summed E-state index contributed by atoms with van der Waals surface area (Å²) in [6, 6.07) is 5.96. The van der Waals surface area contributed by atoms with Crippen molar-refractivity contribution in [2.75, 3.05) is 23.7 Å². The summed E-state index contributed by atoms with van der Waals surface area (Å²) < 4.78 is 0. The van der Waals surface area contributed by atoms with Crippen LogP contribution in [-0.2, 0) is 4.79 Å². The van der Waals surface area contributed by atoms with Crippen molar-refractivity contribution in [2.45, 2.75) is 26.3 Å². The number of nitrogens with one attached hydrogen (secondary N) is 1. The largest absolute Gasteiger partial charge is 0.397 e. The fraction of sp³-hybridized carbons (Fsp3) is 0.462. The van der Waals surface area contributed by atoms with Crippen LogP contribution in [0.4, 0.5) is 11.4 Å². The number of nitrogen functional groups attached to an aromatic ring is 1. The number of carbonyl (C=O) groups excluding carboxylic acids is 1. The molecule has 0 unspecified atom stereocenters. The molecule has 3 N–H and O–H groups in total. The van der Waals surface area contributed by atoms with Gasteiger partial charge in [-0.2, -0.15) is 0 Å². The third kappa shape index (κ3) is 1.95. The van der Waals surface area contributed by atoms with Gasteiger partial charge in [-0.15, -0.1) is 0 Å². The number of nitrogens with two attached hydrogens (primary N) is 1. The minimum absolute atomic E-state index is 0.0451. The Kier molecular flexibility index (Phi) is 2.73. The first-order chi connectivity index (χ1) is 7.93. The molecule has 1 aliphatic heterocycles. The zero-order chi connectivity index (χ0) is 12.6. The molecule has 1 aromatic carbocycles. The van der Waals surface area contributed by atoms with Gasteiger partial charge in [0.15, 0.2) is 0 Å². The molecule has 17 heavy (non-hydrogen) atoms. The van der Waals surface area contributed by atoms with Crippen molar-refractivity contribution in [2.24, 2.45) is 0 Å². The highest BCUT2D eigenvalue weighted by atomic mass is 16.2. The molecule has 92 valence electrons. The maximum absolute atomic E-state index is 11.9. The van der Waals surface area contributed by atoms with E-state index in [2.05, 4.69) is 10.2 Å². The van der Waals surface area contributed by atoms with Crippen molar-refractivity contribution in [3.63, 3.8) is 0 Å². The second-order valence-electron chi connectivity index (χ2n) is 5.03. The number of hydrogen-bond donors (Lipinski definition) is 2. The summed E-state index contributed by atoms with van der Waals surface area (Å²) in [7, 11) is 0. The van der Waals surface area contributed by atoms with Crippen molar-refractivity contribution < 1.29 is 4.79 Å². The van der Waals surface area contributed by atoms with Crippen molar-refractivity contribution in [1.29, 1.82) is 0 Å². The van der Waals surface area contributed by atoms with E-state index in [0.717, 1.165) is 23.5 Å². The molecule has 0 aliphatic carbocycles. The number of piperazine rings is 1. The van der Waals surface area contributed by atoms with Gasteiger partial charge in [-0.25, -0.2) is 0 Å². The summed E-state index contributed by atoms with van der Waals surface area (Å²) in [4.78, 5) is 14.0. The van der Waals surface area contributed by atoms with Crippen LogP contribution in [0, 0.1) is 6.92 Å². The Morgan fingerprint density at radius 3 is 2.76 bits per heavy atom. The van der Waals surface area contributed by atoms with Crippen LogP contribution in [0.3, 0.4) is 0 Å². The van der Waals surface area contributed by atoms with E-state index in [1.165, 1.54) is 0 Å². The van der Waals surface area contributed by atoms with Gasteiger partial charge in [0.05, 0.1) is 11.4 Å². The maximum Gasteiger partial charge on any atom is 0.245 e. The van der Waals surface area contributed by atoms with Gasteiger partial charge in [0.25, 0.3) is 0 Å². The fourth-order valence-electron chi connectivity index (χ4n) is 2.24. The lowest BCUT2D eigenvalue weighted by Crippen LogP contribution is -2.62. The van der Waals surface area contributed by atoms with Crippen molar-refractivity contribution in [1.82, 2.24) is 5.32 Å². The number of hydrogen-bond acceptors (Lipinski definition) is 3. The molecular weight excluding hydrogens is 214 g/mol. The summed E-state index contributed by atoms with van der Waals surface area (Å²) in [6.07, 6.45) is 0. The monoisotopic (exact) mass is 233 g/mol. The fourth-order valence-corrected chi connectivity index (χ4v) is 2.24. The Morgan fingerprint density at radius 2 is 2.12 bits per heavy atom. The third-order valence-electron chi connectivity index (χ3n) is 3.33. The topological polar surface area (TPSA) is 58.4 Å². The van der Waals surface area contributed by atoms with E-state index in [0.29, 0.717) is 6.54 Å². The average Bonchev–Trinajstić information content (AvgIpc) is 2.23. The Balaban J connectivity index is 2.41. The quantitative estimate of drug-likeness (QED) is 0.719. The van der Waals surface area contributed by atoms with Gasteiger partial charge in [-0.3, -0.25) is 4.79 Å². The van der Waals surface area contributed by atoms with E-state index >= 15 is 0 Å². The summed E-state index contributed by atoms with van der Waals surface area (Å²) in [6.45, 7) is 7.29. The first-order valence-electron chi connectivity index (χ1n) is 5.85. The van der Waals surface area contributed by atoms with Gasteiger partial charge >= 0.3 is 0 Å². The molecule has 0 bridgehead atoms. The summed E-state index contributed by atoms with van der Waals surface area (Å²) >= 11 is 0. The number of carbonyl (C=O) groups is 1. The highest BCUT2D eigenvalue weighted by molar-refractivity contribution is 5.91. The lowest BCUT2D eigenvalue weighted by atomic mass is 9.97. The molecule has 0 atom stereocenters. The Morgan fingerprint density at radius 1 is 1.41 bits per heavy atom. The molecular formula is C13H19N3O. The SMILES string of the molecule is Cc1ccc(N2CCNC(=O)C2(C)C)c(N)c1. The van der Waals surface area contributed by atoms with Gasteiger partial charge in [-0.1, -0.05) is 6.07 Å². The normalized spacial score (nSPS) is 19.0. The molecule has 1 aliphatic rings. The second kappa shape index (κ2) is 3.95. The van der Waals surface area contributed by atoms with E-state index in [1.54, 1.807) is 0 Å². The molecule has 1 fully saturated rings. The lowest BCUT2D eigenvalue weighted by Gasteiger charge is -2.43. The van der Waals surface area contributed by atoms with Crippen LogP contribution in [0.5, 0.6) is 0 Å². The Bertz CT molecular complexity index is 454. The minimum atomic E-state index is -0.554. The molecule has 4 nitrogen and oxygen atoms in total. The molecule has 0 saturated carbocycles. The van der Waals surface area contributed by atoms with Crippen LogP contribution in [0.2, 0.25) is 0 Å². The van der Waals surface area contributed by atoms with Crippen LogP contribution >= 0.6 is 0 Å². The van der Waals surface area contributed by atoms with Crippen molar-refractivity contribution >= 4 is 17.3 Å². The summed E-state index contributed by atoms with van der Waals surface area (Å²) in [5.74, 6) is 0.0451. The number of amides is 1. The number of anilines is 2. The van der Waals surface area contributed by atoms with Crippen LogP contribution in [0.25, 0.3) is 0 Å². The van der Waals surface area contributed by atoms with Gasteiger partial charge in [0.1, 0.15) is 5.54 Å². The predicted octanol–water partition coefficient (Wildman–Crippen LogP) is 1.29. The van der Waals surface area contributed by atoms with Gasteiger partial charge in [0.2, 0.25) is 5.91 Å². The van der Waals surface area contributed by atoms with E-state index in [-0.39, 0.29) is 5.91 Å². The van der Waals surface area contributed by atoms with Crippen molar-refractivity contribution in [3.8, 4) is 0 Å². The third-order valence-corrected chi connectivity index (χ3v) is 3.33. The molecule has 0 radical (unpaired) electrons. The molecule has 0 spiro atoms. The number of benzene rings is 1. The maximum atomic E-state index is 11.9. The zero-order valence-electron chi connectivity index (χ0n) is 10.6. The smallest absolute Gasteiger partial charge is 0.245 e. The molecule has 1 aromatic rings. The van der Waals surface area contributed by atoms with Crippen molar-refractivity contribution in [3.05, 3.63) is 23.8 Å². The lowest BCUT2D eigenvalue weighted by molar-refractivity contribution is -0.126. The first-order valence-corrected chi connectivity index (χ1v) is 5.85. The predicted molar refractivity (Wildman–Crippen MR) is 70.0 cm³/mol. The number of rotatable bonds is 1. The molecule has 4 heteroatoms. The zero-order valence-corrected chi connectivity index (χ0v) is 10.6.